The Bertz CT molecular complexity index is 1210. The van der Waals surface area contributed by atoms with Gasteiger partial charge in [-0.1, -0.05) is 18.2 Å². The number of urea groups is 1. The summed E-state index contributed by atoms with van der Waals surface area (Å²) in [6.07, 6.45) is 0.550. The van der Waals surface area contributed by atoms with Crippen LogP contribution in [0.2, 0.25) is 0 Å². The number of carbonyl (C=O) groups excluding carboxylic acids is 1. The molecule has 4 rings (SSSR count). The highest BCUT2D eigenvalue weighted by atomic mass is 19.1. The maximum atomic E-state index is 14.3. The van der Waals surface area contributed by atoms with Crippen molar-refractivity contribution in [1.82, 2.24) is 20.0 Å². The van der Waals surface area contributed by atoms with Crippen LogP contribution in [0.15, 0.2) is 42.5 Å². The number of nitriles is 1. The number of amides is 2. The number of benzene rings is 2. The number of nitrogens with zero attached hydrogens (tertiary/aromatic N) is 4. The zero-order valence-electron chi connectivity index (χ0n) is 17.9. The Balaban J connectivity index is 1.75. The number of aromatic nitrogens is 2. The predicted molar refractivity (Wildman–Crippen MR) is 116 cm³/mol. The van der Waals surface area contributed by atoms with Gasteiger partial charge in [0.25, 0.3) is 0 Å². The molecule has 32 heavy (non-hydrogen) atoms. The van der Waals surface area contributed by atoms with Crippen LogP contribution < -0.4 is 5.32 Å². The lowest BCUT2D eigenvalue weighted by atomic mass is 10.00. The SMILES string of the molecule is CC(C)NC(=O)N1CCc2c(c(-c3cccc(C#N)c3)nn2Cc2ccc(F)cc2F)C1. The van der Waals surface area contributed by atoms with E-state index in [4.69, 9.17) is 5.10 Å². The summed E-state index contributed by atoms with van der Waals surface area (Å²) in [4.78, 5) is 14.3. The lowest BCUT2D eigenvalue weighted by Crippen LogP contribution is -2.45. The van der Waals surface area contributed by atoms with Gasteiger partial charge in [0.15, 0.2) is 0 Å². The molecular weight excluding hydrogens is 412 g/mol. The summed E-state index contributed by atoms with van der Waals surface area (Å²) in [5, 5.41) is 16.9. The Kier molecular flexibility index (Phi) is 5.91. The third kappa shape index (κ3) is 4.33. The molecule has 1 aliphatic heterocycles. The fraction of sp³-hybridized carbons (Fsp3) is 0.292. The van der Waals surface area contributed by atoms with E-state index in [0.29, 0.717) is 36.3 Å². The van der Waals surface area contributed by atoms with E-state index in [0.717, 1.165) is 22.9 Å². The van der Waals surface area contributed by atoms with Gasteiger partial charge in [0.1, 0.15) is 11.6 Å². The third-order valence-corrected chi connectivity index (χ3v) is 5.43. The zero-order chi connectivity index (χ0) is 22.8. The van der Waals surface area contributed by atoms with Crippen molar-refractivity contribution in [2.24, 2.45) is 0 Å². The minimum absolute atomic E-state index is 0.0138. The number of carbonyl (C=O) groups is 1. The fourth-order valence-corrected chi connectivity index (χ4v) is 3.91. The Morgan fingerprint density at radius 1 is 1.25 bits per heavy atom. The monoisotopic (exact) mass is 435 g/mol. The van der Waals surface area contributed by atoms with Gasteiger partial charge in [-0.25, -0.2) is 13.6 Å². The second-order valence-corrected chi connectivity index (χ2v) is 8.14. The molecule has 3 aromatic rings. The zero-order valence-corrected chi connectivity index (χ0v) is 17.9. The highest BCUT2D eigenvalue weighted by Crippen LogP contribution is 2.31. The molecule has 2 aromatic carbocycles. The maximum Gasteiger partial charge on any atom is 0.317 e. The lowest BCUT2D eigenvalue weighted by Gasteiger charge is -2.29. The van der Waals surface area contributed by atoms with E-state index in [9.17, 15) is 18.8 Å². The van der Waals surface area contributed by atoms with Gasteiger partial charge in [-0.15, -0.1) is 0 Å². The summed E-state index contributed by atoms with van der Waals surface area (Å²) in [5.41, 5.74) is 4.01. The largest absolute Gasteiger partial charge is 0.336 e. The third-order valence-electron chi connectivity index (χ3n) is 5.43. The van der Waals surface area contributed by atoms with E-state index in [1.165, 1.54) is 12.1 Å². The highest BCUT2D eigenvalue weighted by Gasteiger charge is 2.28. The minimum Gasteiger partial charge on any atom is -0.336 e. The molecule has 1 N–H and O–H groups in total. The van der Waals surface area contributed by atoms with Crippen LogP contribution in [0.5, 0.6) is 0 Å². The summed E-state index contributed by atoms with van der Waals surface area (Å²) in [5.74, 6) is -1.26. The first-order valence-corrected chi connectivity index (χ1v) is 10.4. The first kappa shape index (κ1) is 21.5. The summed E-state index contributed by atoms with van der Waals surface area (Å²) < 4.78 is 29.4. The van der Waals surface area contributed by atoms with E-state index in [1.54, 1.807) is 27.8 Å². The van der Waals surface area contributed by atoms with E-state index in [-0.39, 0.29) is 18.6 Å². The maximum absolute atomic E-state index is 14.3. The number of fused-ring (bicyclic) bond motifs is 1. The van der Waals surface area contributed by atoms with Gasteiger partial charge in [-0.3, -0.25) is 4.68 Å². The molecule has 8 heteroatoms. The average Bonchev–Trinajstić information content (AvgIpc) is 3.13. The van der Waals surface area contributed by atoms with Crippen molar-refractivity contribution in [3.05, 3.63) is 76.5 Å². The van der Waals surface area contributed by atoms with E-state index in [2.05, 4.69) is 11.4 Å². The molecule has 2 heterocycles. The molecule has 0 saturated carbocycles. The van der Waals surface area contributed by atoms with Crippen molar-refractivity contribution in [3.63, 3.8) is 0 Å². The van der Waals surface area contributed by atoms with E-state index in [1.807, 2.05) is 19.9 Å². The molecule has 1 aliphatic rings. The summed E-state index contributed by atoms with van der Waals surface area (Å²) >= 11 is 0. The molecule has 0 bridgehead atoms. The van der Waals surface area contributed by atoms with Crippen molar-refractivity contribution in [2.75, 3.05) is 6.54 Å². The normalized spacial score (nSPS) is 13.1. The van der Waals surface area contributed by atoms with Crippen molar-refractivity contribution < 1.29 is 13.6 Å². The molecule has 0 saturated heterocycles. The predicted octanol–water partition coefficient (Wildman–Crippen LogP) is 4.22. The van der Waals surface area contributed by atoms with Crippen LogP contribution in [0, 0.1) is 23.0 Å². The quantitative estimate of drug-likeness (QED) is 0.667. The number of hydrogen-bond donors (Lipinski definition) is 1. The molecule has 2 amide bonds. The molecule has 0 spiro atoms. The summed E-state index contributed by atoms with van der Waals surface area (Å²) in [6.45, 7) is 4.81. The van der Waals surface area contributed by atoms with E-state index < -0.39 is 11.6 Å². The standard InChI is InChI=1S/C24H23F2N5O/c1-15(2)28-24(32)30-9-8-22-20(14-30)23(17-5-3-4-16(10-17)12-27)29-31(22)13-18-6-7-19(25)11-21(18)26/h3-7,10-11,15H,8-9,13-14H2,1-2H3,(H,28,32). The van der Waals surface area contributed by atoms with Crippen LogP contribution >= 0.6 is 0 Å². The lowest BCUT2D eigenvalue weighted by molar-refractivity contribution is 0.189. The molecule has 1 aromatic heterocycles. The van der Waals surface area contributed by atoms with Crippen LogP contribution in [0.3, 0.4) is 0 Å². The van der Waals surface area contributed by atoms with E-state index >= 15 is 0 Å². The molecular formula is C24H23F2N5O. The molecule has 0 unspecified atom stereocenters. The highest BCUT2D eigenvalue weighted by molar-refractivity contribution is 5.76. The fourth-order valence-electron chi connectivity index (χ4n) is 3.91. The van der Waals surface area contributed by atoms with Crippen LogP contribution in [0.1, 0.15) is 36.2 Å². The average molecular weight is 435 g/mol. The van der Waals surface area contributed by atoms with Gasteiger partial charge in [-0.2, -0.15) is 10.4 Å². The van der Waals surface area contributed by atoms with Gasteiger partial charge < -0.3 is 10.2 Å². The van der Waals surface area contributed by atoms with Gasteiger partial charge in [0.2, 0.25) is 0 Å². The molecule has 6 nitrogen and oxygen atoms in total. The van der Waals surface area contributed by atoms with Crippen molar-refractivity contribution in [2.45, 2.75) is 39.4 Å². The molecule has 164 valence electrons. The second-order valence-electron chi connectivity index (χ2n) is 8.14. The number of rotatable bonds is 4. The Morgan fingerprint density at radius 2 is 2.06 bits per heavy atom. The Morgan fingerprint density at radius 3 is 2.78 bits per heavy atom. The van der Waals surface area contributed by atoms with Gasteiger partial charge in [-0.05, 0) is 32.0 Å². The summed E-state index contributed by atoms with van der Waals surface area (Å²) in [6, 6.07) is 12.6. The molecule has 0 atom stereocenters. The number of nitrogens with one attached hydrogen (secondary N) is 1. The van der Waals surface area contributed by atoms with Crippen LogP contribution in [0.25, 0.3) is 11.3 Å². The summed E-state index contributed by atoms with van der Waals surface area (Å²) in [7, 11) is 0. The number of hydrogen-bond acceptors (Lipinski definition) is 3. The van der Waals surface area contributed by atoms with Gasteiger partial charge >= 0.3 is 6.03 Å². The van der Waals surface area contributed by atoms with Crippen LogP contribution in [0.4, 0.5) is 13.6 Å². The first-order chi connectivity index (χ1) is 15.4. The van der Waals surface area contributed by atoms with Gasteiger partial charge in [0, 0.05) is 47.5 Å². The Hall–Kier alpha value is -3.73. The topological polar surface area (TPSA) is 74.0 Å². The van der Waals surface area contributed by atoms with Crippen molar-refractivity contribution in [1.29, 1.82) is 5.26 Å². The van der Waals surface area contributed by atoms with Gasteiger partial charge in [0.05, 0.1) is 30.4 Å². The number of halogens is 2. The second kappa shape index (κ2) is 8.79. The van der Waals surface area contributed by atoms with Crippen molar-refractivity contribution in [3.8, 4) is 17.3 Å². The van der Waals surface area contributed by atoms with Crippen LogP contribution in [-0.2, 0) is 19.5 Å². The van der Waals surface area contributed by atoms with Crippen LogP contribution in [-0.4, -0.2) is 33.3 Å². The molecule has 0 fully saturated rings. The van der Waals surface area contributed by atoms with Crippen molar-refractivity contribution >= 4 is 6.03 Å². The Labute approximate surface area is 185 Å². The molecule has 0 radical (unpaired) electrons. The molecule has 0 aliphatic carbocycles. The first-order valence-electron chi connectivity index (χ1n) is 10.4. The smallest absolute Gasteiger partial charge is 0.317 e. The minimum atomic E-state index is -0.630.